The molecule has 0 saturated carbocycles. The highest BCUT2D eigenvalue weighted by Crippen LogP contribution is 2.31. The van der Waals surface area contributed by atoms with Crippen LogP contribution >= 0.6 is 11.3 Å². The largest absolute Gasteiger partial charge is 0.493 e. The maximum atomic E-state index is 5.80. The van der Waals surface area contributed by atoms with Crippen LogP contribution in [0.2, 0.25) is 0 Å². The Morgan fingerprint density at radius 2 is 2.17 bits per heavy atom. The van der Waals surface area contributed by atoms with E-state index >= 15 is 0 Å². The van der Waals surface area contributed by atoms with Gasteiger partial charge in [0, 0.05) is 30.3 Å². The molecule has 1 atom stereocenters. The lowest BCUT2D eigenvalue weighted by atomic mass is 10.0. The van der Waals surface area contributed by atoms with Crippen molar-refractivity contribution in [2.45, 2.75) is 45.2 Å². The summed E-state index contributed by atoms with van der Waals surface area (Å²) in [5.74, 6) is 3.11. The predicted octanol–water partition coefficient (Wildman–Crippen LogP) is 4.66. The number of guanidine groups is 1. The van der Waals surface area contributed by atoms with E-state index in [-0.39, 0.29) is 6.04 Å². The van der Waals surface area contributed by atoms with Crippen LogP contribution in [0, 0.1) is 0 Å². The molecule has 2 N–H and O–H groups in total. The van der Waals surface area contributed by atoms with Gasteiger partial charge in [0.15, 0.2) is 5.96 Å². The van der Waals surface area contributed by atoms with Crippen LogP contribution in [-0.2, 0) is 13.0 Å². The van der Waals surface area contributed by atoms with Gasteiger partial charge in [-0.15, -0.1) is 11.3 Å². The second kappa shape index (κ2) is 9.80. The quantitative estimate of drug-likeness (QED) is 0.426. The highest BCUT2D eigenvalue weighted by atomic mass is 32.1. The van der Waals surface area contributed by atoms with Crippen molar-refractivity contribution in [2.75, 3.05) is 13.2 Å². The molecule has 1 unspecified atom stereocenters. The van der Waals surface area contributed by atoms with Crippen LogP contribution in [0.3, 0.4) is 0 Å². The minimum absolute atomic E-state index is 0.160. The number of nitrogens with zero attached hydrogens (tertiary/aromatic N) is 2. The molecule has 158 valence electrons. The van der Waals surface area contributed by atoms with E-state index in [1.54, 1.807) is 17.6 Å². The third-order valence-electron chi connectivity index (χ3n) is 5.05. The second-order valence-electron chi connectivity index (χ2n) is 7.61. The first-order chi connectivity index (χ1) is 14.7. The average molecular weight is 425 g/mol. The first-order valence-electron chi connectivity index (χ1n) is 10.4. The van der Waals surface area contributed by atoms with Crippen LogP contribution in [0.4, 0.5) is 0 Å². The van der Waals surface area contributed by atoms with Gasteiger partial charge in [-0.25, -0.2) is 9.98 Å². The standard InChI is InChI=1S/C23H28N4O2S/c1-16(2)20-15-30-22(26-20)14-25-23(24-11-9-17-6-5-12-28-17)27-19-10-13-29-21-8-4-3-7-18(19)21/h3-8,12,15-16,19H,9-11,13-14H2,1-2H3,(H2,24,25,27). The lowest BCUT2D eigenvalue weighted by molar-refractivity contribution is 0.261. The molecule has 0 amide bonds. The summed E-state index contributed by atoms with van der Waals surface area (Å²) in [6.07, 6.45) is 3.40. The smallest absolute Gasteiger partial charge is 0.192 e. The van der Waals surface area contributed by atoms with Crippen LogP contribution in [0.15, 0.2) is 57.5 Å². The summed E-state index contributed by atoms with van der Waals surface area (Å²) in [7, 11) is 0. The second-order valence-corrected chi connectivity index (χ2v) is 8.56. The number of ether oxygens (including phenoxy) is 1. The van der Waals surface area contributed by atoms with Gasteiger partial charge in [-0.1, -0.05) is 32.0 Å². The number of benzene rings is 1. The third kappa shape index (κ3) is 5.21. The Kier molecular flexibility index (Phi) is 6.69. The maximum absolute atomic E-state index is 5.80. The van der Waals surface area contributed by atoms with Gasteiger partial charge in [0.1, 0.15) is 16.5 Å². The van der Waals surface area contributed by atoms with E-state index in [9.17, 15) is 0 Å². The summed E-state index contributed by atoms with van der Waals surface area (Å²) >= 11 is 1.67. The molecule has 30 heavy (non-hydrogen) atoms. The summed E-state index contributed by atoms with van der Waals surface area (Å²) in [6.45, 7) is 6.30. The number of para-hydroxylation sites is 1. The van der Waals surface area contributed by atoms with Gasteiger partial charge in [-0.2, -0.15) is 0 Å². The summed E-state index contributed by atoms with van der Waals surface area (Å²) in [6, 6.07) is 12.3. The molecule has 1 aliphatic rings. The number of fused-ring (bicyclic) bond motifs is 1. The van der Waals surface area contributed by atoms with Gasteiger partial charge in [0.25, 0.3) is 0 Å². The van der Waals surface area contributed by atoms with Gasteiger partial charge < -0.3 is 19.8 Å². The molecule has 0 fully saturated rings. The summed E-state index contributed by atoms with van der Waals surface area (Å²) in [4.78, 5) is 9.53. The normalized spacial score (nSPS) is 16.2. The van der Waals surface area contributed by atoms with E-state index in [0.717, 1.165) is 47.6 Å². The Balaban J connectivity index is 1.46. The number of furan rings is 1. The van der Waals surface area contributed by atoms with Crippen molar-refractivity contribution in [3.8, 4) is 5.75 Å². The van der Waals surface area contributed by atoms with Crippen LogP contribution in [0.25, 0.3) is 0 Å². The zero-order valence-electron chi connectivity index (χ0n) is 17.4. The molecule has 0 aliphatic carbocycles. The molecule has 0 radical (unpaired) electrons. The van der Waals surface area contributed by atoms with Crippen LogP contribution in [0.5, 0.6) is 5.75 Å². The minimum atomic E-state index is 0.160. The summed E-state index contributed by atoms with van der Waals surface area (Å²) in [5.41, 5.74) is 2.30. The Bertz CT molecular complexity index is 965. The zero-order chi connectivity index (χ0) is 20.8. The molecule has 3 heterocycles. The van der Waals surface area contributed by atoms with Crippen molar-refractivity contribution in [2.24, 2.45) is 4.99 Å². The van der Waals surface area contributed by atoms with Crippen LogP contribution in [-0.4, -0.2) is 24.1 Å². The average Bonchev–Trinajstić information content (AvgIpc) is 3.44. The number of aliphatic imine (C=N–C) groups is 1. The SMILES string of the molecule is CC(C)c1csc(CN=C(NCCc2ccco2)NC2CCOc3ccccc32)n1. The van der Waals surface area contributed by atoms with Crippen LogP contribution < -0.4 is 15.4 Å². The number of rotatable bonds is 7. The van der Waals surface area contributed by atoms with Crippen molar-refractivity contribution in [3.63, 3.8) is 0 Å². The lowest BCUT2D eigenvalue weighted by Crippen LogP contribution is -2.41. The maximum Gasteiger partial charge on any atom is 0.192 e. The summed E-state index contributed by atoms with van der Waals surface area (Å²) in [5, 5.41) is 10.2. The molecule has 6 nitrogen and oxygen atoms in total. The molecule has 0 spiro atoms. The Morgan fingerprint density at radius 3 is 2.97 bits per heavy atom. The Labute approximate surface area is 181 Å². The van der Waals surface area contributed by atoms with Gasteiger partial charge in [0.05, 0.1) is 31.2 Å². The number of thiazole rings is 1. The first-order valence-corrected chi connectivity index (χ1v) is 11.3. The molecule has 0 bridgehead atoms. The number of aromatic nitrogens is 1. The zero-order valence-corrected chi connectivity index (χ0v) is 18.2. The molecule has 1 aromatic carbocycles. The molecular formula is C23H28N4O2S. The molecule has 1 aliphatic heterocycles. The van der Waals surface area contributed by atoms with Crippen molar-refractivity contribution in [1.82, 2.24) is 15.6 Å². The fraction of sp³-hybridized carbons (Fsp3) is 0.391. The Hall–Kier alpha value is -2.80. The van der Waals surface area contributed by atoms with Gasteiger partial charge in [-0.05, 0) is 24.1 Å². The van der Waals surface area contributed by atoms with E-state index in [1.165, 1.54) is 5.56 Å². The van der Waals surface area contributed by atoms with E-state index < -0.39 is 0 Å². The van der Waals surface area contributed by atoms with Crippen molar-refractivity contribution < 1.29 is 9.15 Å². The van der Waals surface area contributed by atoms with E-state index in [2.05, 4.69) is 35.9 Å². The first kappa shape index (κ1) is 20.5. The van der Waals surface area contributed by atoms with Crippen molar-refractivity contribution >= 4 is 17.3 Å². The van der Waals surface area contributed by atoms with E-state index in [0.29, 0.717) is 19.1 Å². The van der Waals surface area contributed by atoms with Gasteiger partial charge in [-0.3, -0.25) is 0 Å². The van der Waals surface area contributed by atoms with Crippen molar-refractivity contribution in [1.29, 1.82) is 0 Å². The number of hydrogen-bond donors (Lipinski definition) is 2. The lowest BCUT2D eigenvalue weighted by Gasteiger charge is -2.28. The molecule has 4 rings (SSSR count). The Morgan fingerprint density at radius 1 is 1.27 bits per heavy atom. The van der Waals surface area contributed by atoms with E-state index in [4.69, 9.17) is 19.1 Å². The molecule has 7 heteroatoms. The fourth-order valence-electron chi connectivity index (χ4n) is 3.38. The molecule has 0 saturated heterocycles. The highest BCUT2D eigenvalue weighted by Gasteiger charge is 2.22. The van der Waals surface area contributed by atoms with Gasteiger partial charge in [0.2, 0.25) is 0 Å². The molecular weight excluding hydrogens is 396 g/mol. The number of nitrogens with one attached hydrogen (secondary N) is 2. The van der Waals surface area contributed by atoms with Crippen molar-refractivity contribution in [3.05, 3.63) is 70.1 Å². The predicted molar refractivity (Wildman–Crippen MR) is 120 cm³/mol. The number of hydrogen-bond acceptors (Lipinski definition) is 5. The van der Waals surface area contributed by atoms with Gasteiger partial charge >= 0.3 is 0 Å². The minimum Gasteiger partial charge on any atom is -0.493 e. The monoisotopic (exact) mass is 424 g/mol. The highest BCUT2D eigenvalue weighted by molar-refractivity contribution is 7.09. The fourth-order valence-corrected chi connectivity index (χ4v) is 4.26. The third-order valence-corrected chi connectivity index (χ3v) is 5.90. The molecule has 3 aromatic rings. The summed E-state index contributed by atoms with van der Waals surface area (Å²) < 4.78 is 11.2. The molecule has 2 aromatic heterocycles. The van der Waals surface area contributed by atoms with Crippen LogP contribution in [0.1, 0.15) is 54.3 Å². The van der Waals surface area contributed by atoms with E-state index in [1.807, 2.05) is 30.3 Å². The topological polar surface area (TPSA) is 71.7 Å².